The van der Waals surface area contributed by atoms with Crippen LogP contribution in [0.4, 0.5) is 0 Å². The predicted octanol–water partition coefficient (Wildman–Crippen LogP) is 8.43. The van der Waals surface area contributed by atoms with Gasteiger partial charge in [0.1, 0.15) is 11.3 Å². The molecule has 4 nitrogen and oxygen atoms in total. The summed E-state index contributed by atoms with van der Waals surface area (Å²) in [5.41, 5.74) is 8.07. The standard InChI is InChI=1S/C31H20N2O2/c1-19-15-16-23-22-13-8-14-24(30(22)35-31(23)33-19)26-17-25-27(18-32-26)34-29(21-11-6-3-7-12-21)28(25)20-9-4-2-5-10-20/h2-18H,1H3. The lowest BCUT2D eigenvalue weighted by molar-refractivity contribution is 0.630. The Morgan fingerprint density at radius 1 is 0.657 bits per heavy atom. The van der Waals surface area contributed by atoms with Crippen molar-refractivity contribution in [1.82, 2.24) is 9.97 Å². The van der Waals surface area contributed by atoms with E-state index in [1.165, 1.54) is 0 Å². The lowest BCUT2D eigenvalue weighted by Gasteiger charge is -2.05. The summed E-state index contributed by atoms with van der Waals surface area (Å²) < 4.78 is 12.6. The van der Waals surface area contributed by atoms with Gasteiger partial charge in [0.05, 0.1) is 11.9 Å². The third kappa shape index (κ3) is 3.15. The van der Waals surface area contributed by atoms with Crippen LogP contribution >= 0.6 is 0 Å². The van der Waals surface area contributed by atoms with E-state index in [2.05, 4.69) is 59.6 Å². The van der Waals surface area contributed by atoms with E-state index in [1.807, 2.05) is 55.6 Å². The van der Waals surface area contributed by atoms with Crippen LogP contribution in [0.3, 0.4) is 0 Å². The van der Waals surface area contributed by atoms with E-state index in [4.69, 9.17) is 13.8 Å². The smallest absolute Gasteiger partial charge is 0.227 e. The number of nitrogens with zero attached hydrogens (tertiary/aromatic N) is 2. The maximum atomic E-state index is 6.38. The second-order valence-electron chi connectivity index (χ2n) is 8.69. The summed E-state index contributed by atoms with van der Waals surface area (Å²) in [5, 5.41) is 3.06. The highest BCUT2D eigenvalue weighted by Gasteiger charge is 2.20. The maximum absolute atomic E-state index is 6.38. The molecule has 0 unspecified atom stereocenters. The first kappa shape index (κ1) is 19.7. The van der Waals surface area contributed by atoms with Crippen LogP contribution in [0, 0.1) is 6.92 Å². The van der Waals surface area contributed by atoms with Crippen molar-refractivity contribution in [3.05, 3.63) is 109 Å². The highest BCUT2D eigenvalue weighted by atomic mass is 16.3. The van der Waals surface area contributed by atoms with Gasteiger partial charge in [-0.25, -0.2) is 4.98 Å². The normalized spacial score (nSPS) is 11.6. The van der Waals surface area contributed by atoms with Crippen molar-refractivity contribution in [1.29, 1.82) is 0 Å². The molecule has 7 rings (SSSR count). The molecule has 0 amide bonds. The molecule has 166 valence electrons. The van der Waals surface area contributed by atoms with Gasteiger partial charge in [0.25, 0.3) is 0 Å². The Morgan fingerprint density at radius 3 is 2.23 bits per heavy atom. The average Bonchev–Trinajstić information content (AvgIpc) is 3.47. The van der Waals surface area contributed by atoms with Crippen molar-refractivity contribution in [3.8, 4) is 33.7 Å². The first-order valence-electron chi connectivity index (χ1n) is 11.6. The molecule has 0 aliphatic carbocycles. The van der Waals surface area contributed by atoms with Gasteiger partial charge in [0, 0.05) is 38.5 Å². The van der Waals surface area contributed by atoms with E-state index >= 15 is 0 Å². The Labute approximate surface area is 201 Å². The maximum Gasteiger partial charge on any atom is 0.227 e. The number of fused-ring (bicyclic) bond motifs is 4. The molecule has 0 saturated carbocycles. The number of furan rings is 2. The van der Waals surface area contributed by atoms with Gasteiger partial charge >= 0.3 is 0 Å². The Kier molecular flexibility index (Phi) is 4.33. The summed E-state index contributed by atoms with van der Waals surface area (Å²) in [6.07, 6.45) is 1.81. The highest BCUT2D eigenvalue weighted by molar-refractivity contribution is 6.09. The molecule has 3 aromatic carbocycles. The summed E-state index contributed by atoms with van der Waals surface area (Å²) in [7, 11) is 0. The molecule has 0 aliphatic heterocycles. The zero-order valence-electron chi connectivity index (χ0n) is 19.0. The molecular formula is C31H20N2O2. The zero-order valence-corrected chi connectivity index (χ0v) is 19.0. The molecule has 7 aromatic rings. The van der Waals surface area contributed by atoms with Gasteiger partial charge in [-0.05, 0) is 36.8 Å². The molecule has 4 heterocycles. The number of aryl methyl sites for hydroxylation is 1. The van der Waals surface area contributed by atoms with Gasteiger partial charge in [-0.2, -0.15) is 0 Å². The quantitative estimate of drug-likeness (QED) is 0.270. The first-order chi connectivity index (χ1) is 17.3. The highest BCUT2D eigenvalue weighted by Crippen LogP contribution is 2.42. The van der Waals surface area contributed by atoms with Crippen molar-refractivity contribution in [2.24, 2.45) is 0 Å². The molecule has 0 spiro atoms. The van der Waals surface area contributed by atoms with Crippen LogP contribution in [0.15, 0.2) is 112 Å². The van der Waals surface area contributed by atoms with Crippen LogP contribution < -0.4 is 0 Å². The summed E-state index contributed by atoms with van der Waals surface area (Å²) in [4.78, 5) is 9.37. The third-order valence-corrected chi connectivity index (χ3v) is 6.45. The minimum Gasteiger partial charge on any atom is -0.454 e. The van der Waals surface area contributed by atoms with Crippen molar-refractivity contribution in [2.45, 2.75) is 6.92 Å². The molecule has 0 radical (unpaired) electrons. The first-order valence-corrected chi connectivity index (χ1v) is 11.6. The molecule has 4 aromatic heterocycles. The second kappa shape index (κ2) is 7.67. The van der Waals surface area contributed by atoms with Crippen molar-refractivity contribution in [3.63, 3.8) is 0 Å². The van der Waals surface area contributed by atoms with E-state index in [0.717, 1.165) is 66.7 Å². The Morgan fingerprint density at radius 2 is 1.43 bits per heavy atom. The Hall–Kier alpha value is -4.70. The molecule has 0 aliphatic rings. The van der Waals surface area contributed by atoms with Gasteiger partial charge in [-0.3, -0.25) is 4.98 Å². The summed E-state index contributed by atoms with van der Waals surface area (Å²) in [6.45, 7) is 1.97. The fourth-order valence-electron chi connectivity index (χ4n) is 4.81. The van der Waals surface area contributed by atoms with E-state index in [1.54, 1.807) is 0 Å². The second-order valence-corrected chi connectivity index (χ2v) is 8.69. The average molecular weight is 453 g/mol. The van der Waals surface area contributed by atoms with Crippen LogP contribution in [0.25, 0.3) is 66.7 Å². The van der Waals surface area contributed by atoms with Crippen LogP contribution in [0.5, 0.6) is 0 Å². The van der Waals surface area contributed by atoms with E-state index in [9.17, 15) is 0 Å². The number of benzene rings is 3. The molecule has 0 fully saturated rings. The Bertz CT molecular complexity index is 1850. The fourth-order valence-corrected chi connectivity index (χ4v) is 4.81. The van der Waals surface area contributed by atoms with Gasteiger partial charge in [0.2, 0.25) is 5.71 Å². The van der Waals surface area contributed by atoms with Crippen LogP contribution in [0.1, 0.15) is 5.69 Å². The van der Waals surface area contributed by atoms with E-state index < -0.39 is 0 Å². The summed E-state index contributed by atoms with van der Waals surface area (Å²) in [5.74, 6) is 0.840. The molecule has 4 heteroatoms. The summed E-state index contributed by atoms with van der Waals surface area (Å²) >= 11 is 0. The SMILES string of the molecule is Cc1ccc2c(n1)oc1c(-c3cc4c(-c5ccccc5)c(-c5ccccc5)oc4cn3)cccc12. The minimum atomic E-state index is 0.646. The number of hydrogen-bond acceptors (Lipinski definition) is 4. The van der Waals surface area contributed by atoms with E-state index in [0.29, 0.717) is 5.71 Å². The van der Waals surface area contributed by atoms with Gasteiger partial charge in [0.15, 0.2) is 5.58 Å². The third-order valence-electron chi connectivity index (χ3n) is 6.45. The molecule has 0 atom stereocenters. The zero-order chi connectivity index (χ0) is 23.4. The van der Waals surface area contributed by atoms with Gasteiger partial charge < -0.3 is 8.83 Å². The van der Waals surface area contributed by atoms with Crippen molar-refractivity contribution in [2.75, 3.05) is 0 Å². The minimum absolute atomic E-state index is 0.646. The number of aromatic nitrogens is 2. The largest absolute Gasteiger partial charge is 0.454 e. The molecular weight excluding hydrogens is 432 g/mol. The Balaban J connectivity index is 1.50. The van der Waals surface area contributed by atoms with Gasteiger partial charge in [-0.1, -0.05) is 72.8 Å². The van der Waals surface area contributed by atoms with Gasteiger partial charge in [-0.15, -0.1) is 0 Å². The van der Waals surface area contributed by atoms with Crippen LogP contribution in [0.2, 0.25) is 0 Å². The summed E-state index contributed by atoms with van der Waals surface area (Å²) in [6, 6.07) is 32.9. The fraction of sp³-hybridized carbons (Fsp3) is 0.0323. The van der Waals surface area contributed by atoms with Crippen molar-refractivity contribution < 1.29 is 8.83 Å². The lowest BCUT2D eigenvalue weighted by atomic mass is 9.98. The van der Waals surface area contributed by atoms with Crippen LogP contribution in [-0.4, -0.2) is 9.97 Å². The monoisotopic (exact) mass is 452 g/mol. The molecule has 0 N–H and O–H groups in total. The molecule has 0 saturated heterocycles. The van der Waals surface area contributed by atoms with Crippen molar-refractivity contribution >= 4 is 33.0 Å². The van der Waals surface area contributed by atoms with E-state index in [-0.39, 0.29) is 0 Å². The number of hydrogen-bond donors (Lipinski definition) is 0. The molecule has 0 bridgehead atoms. The lowest BCUT2D eigenvalue weighted by Crippen LogP contribution is -1.85. The topological polar surface area (TPSA) is 52.1 Å². The number of rotatable bonds is 3. The number of para-hydroxylation sites is 1. The predicted molar refractivity (Wildman–Crippen MR) is 140 cm³/mol. The number of pyridine rings is 2. The molecule has 35 heavy (non-hydrogen) atoms. The van der Waals surface area contributed by atoms with Crippen LogP contribution in [-0.2, 0) is 0 Å².